The molecule has 0 unspecified atom stereocenters. The highest BCUT2D eigenvalue weighted by molar-refractivity contribution is 7.89. The molecular formula is C22H23FN2O6S. The van der Waals surface area contributed by atoms with Gasteiger partial charge in [-0.3, -0.25) is 9.59 Å². The van der Waals surface area contributed by atoms with Crippen LogP contribution in [0.3, 0.4) is 0 Å². The molecule has 10 heteroatoms. The first-order chi connectivity index (χ1) is 15.1. The van der Waals surface area contributed by atoms with E-state index in [1.54, 1.807) is 0 Å². The van der Waals surface area contributed by atoms with Crippen molar-refractivity contribution >= 4 is 27.5 Å². The van der Waals surface area contributed by atoms with Gasteiger partial charge in [-0.1, -0.05) is 12.1 Å². The van der Waals surface area contributed by atoms with E-state index >= 15 is 0 Å². The second kappa shape index (κ2) is 9.19. The lowest BCUT2D eigenvalue weighted by Gasteiger charge is -2.25. The molecule has 1 N–H and O–H groups in total. The number of halogens is 1. The standard InChI is InChI=1S/C22H23FN2O6S/c1-24(2)32(29,30)17-10-6-15(7-11-17)20(26)18-19(14-4-8-16(23)9-5-14)25(12-13-31-3)22(28)21(18)27/h4-11,19,26H,12-13H2,1-3H3/b20-18+/t19-/m1/s1. The van der Waals surface area contributed by atoms with E-state index in [1.165, 1.54) is 74.6 Å². The number of likely N-dealkylation sites (tertiary alicyclic amines) is 1. The van der Waals surface area contributed by atoms with E-state index in [-0.39, 0.29) is 29.2 Å². The fraction of sp³-hybridized carbons (Fsp3) is 0.273. The van der Waals surface area contributed by atoms with Gasteiger partial charge in [0, 0.05) is 33.3 Å². The maximum atomic E-state index is 13.5. The summed E-state index contributed by atoms with van der Waals surface area (Å²) in [5.41, 5.74) is 0.440. The highest BCUT2D eigenvalue weighted by Crippen LogP contribution is 2.39. The van der Waals surface area contributed by atoms with Gasteiger partial charge in [-0.15, -0.1) is 0 Å². The largest absolute Gasteiger partial charge is 0.507 e. The molecule has 0 bridgehead atoms. The summed E-state index contributed by atoms with van der Waals surface area (Å²) in [4.78, 5) is 26.8. The monoisotopic (exact) mass is 462 g/mol. The Hall–Kier alpha value is -3.08. The molecule has 1 fully saturated rings. The maximum absolute atomic E-state index is 13.5. The predicted molar refractivity (Wildman–Crippen MR) is 115 cm³/mol. The average Bonchev–Trinajstić information content (AvgIpc) is 3.02. The summed E-state index contributed by atoms with van der Waals surface area (Å²) < 4.78 is 44.1. The van der Waals surface area contributed by atoms with Gasteiger partial charge in [0.25, 0.3) is 11.7 Å². The van der Waals surface area contributed by atoms with E-state index in [1.807, 2.05) is 0 Å². The second-order valence-electron chi connectivity index (χ2n) is 7.35. The highest BCUT2D eigenvalue weighted by atomic mass is 32.2. The number of carbonyl (C=O) groups excluding carboxylic acids is 2. The highest BCUT2D eigenvalue weighted by Gasteiger charge is 2.45. The number of ketones is 1. The molecule has 0 aliphatic carbocycles. The third kappa shape index (κ3) is 4.29. The number of aliphatic hydroxyl groups excluding tert-OH is 1. The number of rotatable bonds is 7. The van der Waals surface area contributed by atoms with Crippen LogP contribution >= 0.6 is 0 Å². The smallest absolute Gasteiger partial charge is 0.295 e. The lowest BCUT2D eigenvalue weighted by atomic mass is 9.95. The van der Waals surface area contributed by atoms with E-state index in [4.69, 9.17) is 4.74 Å². The predicted octanol–water partition coefficient (Wildman–Crippen LogP) is 2.14. The second-order valence-corrected chi connectivity index (χ2v) is 9.50. The SMILES string of the molecule is COCCN1C(=O)C(=O)/C(=C(/O)c2ccc(S(=O)(=O)N(C)C)cc2)[C@H]1c1ccc(F)cc1. The summed E-state index contributed by atoms with van der Waals surface area (Å²) >= 11 is 0. The fourth-order valence-electron chi connectivity index (χ4n) is 3.44. The molecule has 0 saturated carbocycles. The Balaban J connectivity index is 2.11. The van der Waals surface area contributed by atoms with Gasteiger partial charge in [0.2, 0.25) is 10.0 Å². The van der Waals surface area contributed by atoms with Crippen LogP contribution in [0.25, 0.3) is 5.76 Å². The molecule has 1 heterocycles. The number of ether oxygens (including phenoxy) is 1. The number of amides is 1. The molecule has 32 heavy (non-hydrogen) atoms. The quantitative estimate of drug-likeness (QED) is 0.384. The first-order valence-corrected chi connectivity index (χ1v) is 11.1. The Labute approximate surface area is 185 Å². The van der Waals surface area contributed by atoms with Crippen molar-refractivity contribution in [3.63, 3.8) is 0 Å². The Bertz CT molecular complexity index is 1160. The molecule has 0 spiro atoms. The van der Waals surface area contributed by atoms with Crippen molar-refractivity contribution in [2.45, 2.75) is 10.9 Å². The Morgan fingerprint density at radius 2 is 1.69 bits per heavy atom. The van der Waals surface area contributed by atoms with Crippen LogP contribution < -0.4 is 0 Å². The molecule has 1 saturated heterocycles. The van der Waals surface area contributed by atoms with Crippen LogP contribution in [-0.2, 0) is 24.3 Å². The number of hydrogen-bond acceptors (Lipinski definition) is 6. The first-order valence-electron chi connectivity index (χ1n) is 9.65. The zero-order chi connectivity index (χ0) is 23.6. The van der Waals surface area contributed by atoms with Gasteiger partial charge < -0.3 is 14.7 Å². The molecule has 0 aromatic heterocycles. The van der Waals surface area contributed by atoms with E-state index in [2.05, 4.69) is 0 Å². The molecule has 170 valence electrons. The third-order valence-corrected chi connectivity index (χ3v) is 7.00. The molecule has 1 aliphatic rings. The van der Waals surface area contributed by atoms with Crippen molar-refractivity contribution in [1.29, 1.82) is 0 Å². The van der Waals surface area contributed by atoms with Gasteiger partial charge in [0.05, 0.1) is 23.1 Å². The van der Waals surface area contributed by atoms with Gasteiger partial charge in [-0.05, 0) is 42.0 Å². The van der Waals surface area contributed by atoms with Crippen LogP contribution in [0, 0.1) is 5.82 Å². The van der Waals surface area contributed by atoms with Crippen molar-refractivity contribution in [2.24, 2.45) is 0 Å². The molecular weight excluding hydrogens is 439 g/mol. The van der Waals surface area contributed by atoms with E-state index < -0.39 is 39.3 Å². The molecule has 2 aromatic rings. The van der Waals surface area contributed by atoms with Crippen LogP contribution in [0.4, 0.5) is 4.39 Å². The number of carbonyl (C=O) groups is 2. The molecule has 8 nitrogen and oxygen atoms in total. The van der Waals surface area contributed by atoms with Crippen LogP contribution in [0.1, 0.15) is 17.2 Å². The molecule has 0 radical (unpaired) electrons. The Morgan fingerprint density at radius 3 is 2.22 bits per heavy atom. The lowest BCUT2D eigenvalue weighted by molar-refractivity contribution is -0.140. The lowest BCUT2D eigenvalue weighted by Crippen LogP contribution is -2.32. The van der Waals surface area contributed by atoms with Crippen LogP contribution in [0.5, 0.6) is 0 Å². The van der Waals surface area contributed by atoms with Crippen molar-refractivity contribution < 1.29 is 32.2 Å². The molecule has 1 amide bonds. The van der Waals surface area contributed by atoms with E-state index in [0.717, 1.165) is 4.31 Å². The molecule has 1 atom stereocenters. The van der Waals surface area contributed by atoms with Gasteiger partial charge in [-0.25, -0.2) is 17.1 Å². The maximum Gasteiger partial charge on any atom is 0.295 e. The van der Waals surface area contributed by atoms with Gasteiger partial charge in [-0.2, -0.15) is 0 Å². The Kier molecular flexibility index (Phi) is 6.77. The number of aliphatic hydroxyl groups is 1. The Morgan fingerprint density at radius 1 is 1.09 bits per heavy atom. The first kappa shape index (κ1) is 23.6. The minimum absolute atomic E-state index is 0.00896. The van der Waals surface area contributed by atoms with Gasteiger partial charge in [0.15, 0.2) is 0 Å². The summed E-state index contributed by atoms with van der Waals surface area (Å²) in [5, 5.41) is 11.0. The van der Waals surface area contributed by atoms with Crippen molar-refractivity contribution in [3.05, 3.63) is 71.0 Å². The van der Waals surface area contributed by atoms with Crippen LogP contribution in [0.2, 0.25) is 0 Å². The summed E-state index contributed by atoms with van der Waals surface area (Å²) in [6, 6.07) is 9.65. The van der Waals surface area contributed by atoms with Crippen molar-refractivity contribution in [1.82, 2.24) is 9.21 Å². The average molecular weight is 462 g/mol. The third-order valence-electron chi connectivity index (χ3n) is 5.17. The zero-order valence-corrected chi connectivity index (χ0v) is 18.6. The topological polar surface area (TPSA) is 104 Å². The van der Waals surface area contributed by atoms with Crippen LogP contribution in [0.15, 0.2) is 59.0 Å². The number of hydrogen-bond donors (Lipinski definition) is 1. The zero-order valence-electron chi connectivity index (χ0n) is 17.8. The fourth-order valence-corrected chi connectivity index (χ4v) is 4.34. The summed E-state index contributed by atoms with van der Waals surface area (Å²) in [6.07, 6.45) is 0. The van der Waals surface area contributed by atoms with Crippen LogP contribution in [-0.4, -0.2) is 68.8 Å². The van der Waals surface area contributed by atoms with Gasteiger partial charge in [0.1, 0.15) is 11.6 Å². The normalized spacial score (nSPS) is 18.5. The van der Waals surface area contributed by atoms with Gasteiger partial charge >= 0.3 is 0 Å². The molecule has 3 rings (SSSR count). The number of benzene rings is 2. The summed E-state index contributed by atoms with van der Waals surface area (Å²) in [5.74, 6) is -2.64. The summed E-state index contributed by atoms with van der Waals surface area (Å²) in [6.45, 7) is 0.238. The number of sulfonamides is 1. The molecule has 1 aliphatic heterocycles. The van der Waals surface area contributed by atoms with Crippen molar-refractivity contribution in [2.75, 3.05) is 34.4 Å². The van der Waals surface area contributed by atoms with E-state index in [0.29, 0.717) is 5.56 Å². The van der Waals surface area contributed by atoms with E-state index in [9.17, 15) is 27.5 Å². The number of methoxy groups -OCH3 is 1. The minimum Gasteiger partial charge on any atom is -0.507 e. The summed E-state index contributed by atoms with van der Waals surface area (Å²) in [7, 11) is 0.566. The molecule has 2 aromatic carbocycles. The number of Topliss-reactive ketones (excluding diaryl/α,β-unsaturated/α-hetero) is 1. The number of nitrogens with zero attached hydrogens (tertiary/aromatic N) is 2. The minimum atomic E-state index is -3.68. The van der Waals surface area contributed by atoms with Crippen molar-refractivity contribution in [3.8, 4) is 0 Å².